The Morgan fingerprint density at radius 2 is 2.30 bits per heavy atom. The van der Waals surface area contributed by atoms with Gasteiger partial charge < -0.3 is 14.6 Å². The third-order valence-electron chi connectivity index (χ3n) is 3.32. The topological polar surface area (TPSA) is 59.0 Å². The highest BCUT2D eigenvalue weighted by Crippen LogP contribution is 2.17. The lowest BCUT2D eigenvalue weighted by Gasteiger charge is -2.21. The maximum atomic E-state index is 11.1. The molecule has 1 aliphatic rings. The van der Waals surface area contributed by atoms with Crippen LogP contribution in [0.3, 0.4) is 0 Å². The molecule has 0 aliphatic carbocycles. The van der Waals surface area contributed by atoms with Crippen LogP contribution in [0.2, 0.25) is 0 Å². The van der Waals surface area contributed by atoms with Crippen molar-refractivity contribution in [1.82, 2.24) is 4.90 Å². The zero-order chi connectivity index (χ0) is 14.4. The molecular weight excluding hydrogens is 258 g/mol. The minimum atomic E-state index is -0.961. The largest absolute Gasteiger partial charge is 0.491 e. The number of hydrogen-bond acceptors (Lipinski definition) is 4. The highest BCUT2D eigenvalue weighted by molar-refractivity contribution is 5.90. The number of ether oxygens (including phenoxy) is 2. The first-order valence-electron chi connectivity index (χ1n) is 6.96. The number of rotatable bonds is 5. The van der Waals surface area contributed by atoms with Crippen LogP contribution in [0.25, 0.3) is 0 Å². The van der Waals surface area contributed by atoms with Gasteiger partial charge in [0.1, 0.15) is 17.9 Å². The quantitative estimate of drug-likeness (QED) is 0.891. The number of nitrogens with zero attached hydrogens (tertiary/aromatic N) is 1. The van der Waals surface area contributed by atoms with Gasteiger partial charge >= 0.3 is 5.97 Å². The molecule has 1 heterocycles. The van der Waals surface area contributed by atoms with Gasteiger partial charge in [0, 0.05) is 26.2 Å². The van der Waals surface area contributed by atoms with Gasteiger partial charge in [0.05, 0.1) is 6.10 Å². The maximum absolute atomic E-state index is 11.1. The molecule has 2 rings (SSSR count). The minimum Gasteiger partial charge on any atom is -0.491 e. The summed E-state index contributed by atoms with van der Waals surface area (Å²) in [4.78, 5) is 13.4. The fraction of sp³-hybridized carbons (Fsp3) is 0.533. The van der Waals surface area contributed by atoms with Gasteiger partial charge in [-0.1, -0.05) is 12.1 Å². The van der Waals surface area contributed by atoms with Crippen LogP contribution in [0, 0.1) is 0 Å². The van der Waals surface area contributed by atoms with E-state index in [0.29, 0.717) is 12.4 Å². The standard InChI is InChI=1S/C15H21NO4/c1-12-11-16(7-4-9-19-12)8-10-20-14-6-3-2-5-13(14)15(17)18/h2-3,5-6,12H,4,7-11H2,1H3,(H,17,18). The zero-order valence-corrected chi connectivity index (χ0v) is 11.7. The van der Waals surface area contributed by atoms with E-state index in [9.17, 15) is 4.79 Å². The Kier molecular flexibility index (Phi) is 5.38. The van der Waals surface area contributed by atoms with E-state index in [1.165, 1.54) is 0 Å². The molecule has 5 nitrogen and oxygen atoms in total. The van der Waals surface area contributed by atoms with E-state index >= 15 is 0 Å². The monoisotopic (exact) mass is 279 g/mol. The summed E-state index contributed by atoms with van der Waals surface area (Å²) < 4.78 is 11.2. The van der Waals surface area contributed by atoms with Crippen LogP contribution in [0.4, 0.5) is 0 Å². The Morgan fingerprint density at radius 1 is 1.50 bits per heavy atom. The second-order valence-corrected chi connectivity index (χ2v) is 4.99. The van der Waals surface area contributed by atoms with E-state index in [2.05, 4.69) is 11.8 Å². The van der Waals surface area contributed by atoms with Gasteiger partial charge in [0.15, 0.2) is 0 Å². The lowest BCUT2D eigenvalue weighted by Crippen LogP contribution is -2.33. The van der Waals surface area contributed by atoms with Gasteiger partial charge in [0.25, 0.3) is 0 Å². The van der Waals surface area contributed by atoms with Crippen molar-refractivity contribution in [2.45, 2.75) is 19.4 Å². The smallest absolute Gasteiger partial charge is 0.339 e. The Balaban J connectivity index is 1.85. The summed E-state index contributed by atoms with van der Waals surface area (Å²) >= 11 is 0. The van der Waals surface area contributed by atoms with Crippen molar-refractivity contribution in [2.24, 2.45) is 0 Å². The molecule has 1 N–H and O–H groups in total. The maximum Gasteiger partial charge on any atom is 0.339 e. The van der Waals surface area contributed by atoms with E-state index in [-0.39, 0.29) is 11.7 Å². The van der Waals surface area contributed by atoms with E-state index in [1.807, 2.05) is 0 Å². The summed E-state index contributed by atoms with van der Waals surface area (Å²) in [6.45, 7) is 6.02. The molecule has 110 valence electrons. The van der Waals surface area contributed by atoms with Crippen LogP contribution in [0.1, 0.15) is 23.7 Å². The molecule has 1 fully saturated rings. The normalized spacial score (nSPS) is 20.4. The number of carbonyl (C=O) groups is 1. The molecule has 1 aromatic carbocycles. The van der Waals surface area contributed by atoms with Crippen LogP contribution in [0.5, 0.6) is 5.75 Å². The van der Waals surface area contributed by atoms with E-state index in [0.717, 1.165) is 32.7 Å². The first kappa shape index (κ1) is 14.8. The predicted molar refractivity (Wildman–Crippen MR) is 75.4 cm³/mol. The van der Waals surface area contributed by atoms with Gasteiger partial charge in [-0.3, -0.25) is 4.90 Å². The number of carboxylic acids is 1. The zero-order valence-electron chi connectivity index (χ0n) is 11.7. The molecule has 0 saturated carbocycles. The lowest BCUT2D eigenvalue weighted by molar-refractivity contribution is 0.0656. The molecule has 0 aromatic heterocycles. The van der Waals surface area contributed by atoms with Crippen molar-refractivity contribution in [3.8, 4) is 5.75 Å². The van der Waals surface area contributed by atoms with E-state index in [4.69, 9.17) is 14.6 Å². The van der Waals surface area contributed by atoms with Crippen LogP contribution in [-0.4, -0.2) is 54.9 Å². The first-order chi connectivity index (χ1) is 9.66. The Morgan fingerprint density at radius 3 is 3.10 bits per heavy atom. The number of carboxylic acid groups (broad SMARTS) is 1. The molecule has 5 heteroatoms. The number of benzene rings is 1. The molecule has 1 aliphatic heterocycles. The second kappa shape index (κ2) is 7.26. The van der Waals surface area contributed by atoms with Crippen molar-refractivity contribution in [2.75, 3.05) is 32.8 Å². The SMILES string of the molecule is CC1CN(CCOc2ccccc2C(=O)O)CCCO1. The Bertz CT molecular complexity index is 449. The second-order valence-electron chi connectivity index (χ2n) is 4.99. The molecule has 1 aromatic rings. The fourth-order valence-corrected chi connectivity index (χ4v) is 2.34. The van der Waals surface area contributed by atoms with E-state index in [1.54, 1.807) is 24.3 Å². The molecule has 1 saturated heterocycles. The van der Waals surface area contributed by atoms with Gasteiger partial charge in [-0.25, -0.2) is 4.79 Å². The highest BCUT2D eigenvalue weighted by Gasteiger charge is 2.15. The van der Waals surface area contributed by atoms with Crippen molar-refractivity contribution in [3.63, 3.8) is 0 Å². The van der Waals surface area contributed by atoms with Gasteiger partial charge in [-0.2, -0.15) is 0 Å². The molecule has 20 heavy (non-hydrogen) atoms. The summed E-state index contributed by atoms with van der Waals surface area (Å²) in [5.41, 5.74) is 0.208. The van der Waals surface area contributed by atoms with Gasteiger partial charge in [-0.05, 0) is 25.5 Å². The third kappa shape index (κ3) is 4.21. The van der Waals surface area contributed by atoms with Crippen molar-refractivity contribution in [1.29, 1.82) is 0 Å². The Hall–Kier alpha value is -1.59. The van der Waals surface area contributed by atoms with Gasteiger partial charge in [0.2, 0.25) is 0 Å². The predicted octanol–water partition coefficient (Wildman–Crippen LogP) is 1.87. The molecule has 1 unspecified atom stereocenters. The fourth-order valence-electron chi connectivity index (χ4n) is 2.34. The molecule has 1 atom stereocenters. The van der Waals surface area contributed by atoms with Crippen LogP contribution < -0.4 is 4.74 Å². The summed E-state index contributed by atoms with van der Waals surface area (Å²) in [6, 6.07) is 6.73. The Labute approximate surface area is 119 Å². The molecule has 0 spiro atoms. The van der Waals surface area contributed by atoms with Gasteiger partial charge in [-0.15, -0.1) is 0 Å². The average molecular weight is 279 g/mol. The van der Waals surface area contributed by atoms with Crippen LogP contribution in [0.15, 0.2) is 24.3 Å². The molecule has 0 amide bonds. The lowest BCUT2D eigenvalue weighted by atomic mass is 10.2. The summed E-state index contributed by atoms with van der Waals surface area (Å²) in [7, 11) is 0. The van der Waals surface area contributed by atoms with Crippen molar-refractivity contribution >= 4 is 5.97 Å². The summed E-state index contributed by atoms with van der Waals surface area (Å²) in [6.07, 6.45) is 1.26. The van der Waals surface area contributed by atoms with Crippen LogP contribution >= 0.6 is 0 Å². The number of hydrogen-bond donors (Lipinski definition) is 1. The molecule has 0 radical (unpaired) electrons. The third-order valence-corrected chi connectivity index (χ3v) is 3.32. The van der Waals surface area contributed by atoms with Crippen molar-refractivity contribution < 1.29 is 19.4 Å². The molecular formula is C15H21NO4. The average Bonchev–Trinajstić information content (AvgIpc) is 2.63. The summed E-state index contributed by atoms with van der Waals surface area (Å²) in [5.74, 6) is -0.531. The summed E-state index contributed by atoms with van der Waals surface area (Å²) in [5, 5.41) is 9.08. The number of para-hydroxylation sites is 1. The van der Waals surface area contributed by atoms with E-state index < -0.39 is 5.97 Å². The van der Waals surface area contributed by atoms with Crippen molar-refractivity contribution in [3.05, 3.63) is 29.8 Å². The minimum absolute atomic E-state index is 0.208. The highest BCUT2D eigenvalue weighted by atomic mass is 16.5. The molecule has 0 bridgehead atoms. The van der Waals surface area contributed by atoms with Crippen LogP contribution in [-0.2, 0) is 4.74 Å². The number of aromatic carboxylic acids is 1. The first-order valence-corrected chi connectivity index (χ1v) is 6.96.